The fourth-order valence-electron chi connectivity index (χ4n) is 2.64. The number of carbonyl (C=O) groups excluding carboxylic acids is 2. The van der Waals surface area contributed by atoms with Gasteiger partial charge in [-0.15, -0.1) is 0 Å². The quantitative estimate of drug-likeness (QED) is 0.631. The molecular weight excluding hydrogens is 430 g/mol. The van der Waals surface area contributed by atoms with Crippen LogP contribution in [0.25, 0.3) is 0 Å². The predicted octanol–water partition coefficient (Wildman–Crippen LogP) is 4.59. The summed E-state index contributed by atoms with van der Waals surface area (Å²) in [6.45, 7) is 0.0924. The average molecular weight is 448 g/mol. The van der Waals surface area contributed by atoms with E-state index in [0.29, 0.717) is 0 Å². The van der Waals surface area contributed by atoms with E-state index in [1.165, 1.54) is 25.1 Å². The van der Waals surface area contributed by atoms with Crippen molar-refractivity contribution in [3.05, 3.63) is 59.7 Å². The first-order valence-electron chi connectivity index (χ1n) is 8.96. The van der Waals surface area contributed by atoms with Crippen LogP contribution < -0.4 is 10.1 Å². The number of para-hydroxylation sites is 2. The lowest BCUT2D eigenvalue weighted by molar-refractivity contribution is -0.141. The molecule has 168 valence electrons. The summed E-state index contributed by atoms with van der Waals surface area (Å²) in [5, 5.41) is 2.10. The van der Waals surface area contributed by atoms with Gasteiger partial charge in [0.05, 0.1) is 23.4 Å². The molecule has 0 radical (unpaired) electrons. The lowest BCUT2D eigenvalue weighted by Gasteiger charge is -2.22. The minimum atomic E-state index is -4.69. The number of amides is 2. The number of halogens is 6. The molecule has 2 rings (SSSR count). The molecular formula is C20H18F6N2O3. The Hall–Kier alpha value is -3.24. The highest BCUT2D eigenvalue weighted by atomic mass is 19.4. The lowest BCUT2D eigenvalue weighted by atomic mass is 10.1. The van der Waals surface area contributed by atoms with E-state index in [2.05, 4.69) is 5.32 Å². The van der Waals surface area contributed by atoms with Gasteiger partial charge in [0.15, 0.2) is 6.61 Å². The fraction of sp³-hybridized carbons (Fsp3) is 0.300. The molecule has 0 saturated heterocycles. The standard InChI is InChI=1S/C20H18F6N2O3/c1-2-28(11-17(29)27-15-9-5-3-7-13(15)19(21,22)23)18(30)12-31-16-10-6-4-8-14(16)20(24,25)26/h3-10H,2,11-12H2,1H3,(H,27,29). The maximum atomic E-state index is 13.0. The number of rotatable bonds is 7. The second-order valence-corrected chi connectivity index (χ2v) is 6.28. The van der Waals surface area contributed by atoms with E-state index in [0.717, 1.165) is 35.2 Å². The molecule has 0 atom stereocenters. The van der Waals surface area contributed by atoms with E-state index in [4.69, 9.17) is 4.74 Å². The second kappa shape index (κ2) is 9.71. The van der Waals surface area contributed by atoms with E-state index in [1.54, 1.807) is 0 Å². The molecule has 0 heterocycles. The first kappa shape index (κ1) is 24.0. The van der Waals surface area contributed by atoms with Gasteiger partial charge in [0.25, 0.3) is 5.91 Å². The zero-order chi connectivity index (χ0) is 23.2. The van der Waals surface area contributed by atoms with Crippen LogP contribution in [-0.2, 0) is 21.9 Å². The molecule has 2 aromatic carbocycles. The predicted molar refractivity (Wildman–Crippen MR) is 99.3 cm³/mol. The van der Waals surface area contributed by atoms with Crippen LogP contribution in [0.5, 0.6) is 5.75 Å². The van der Waals surface area contributed by atoms with Crippen molar-refractivity contribution in [3.8, 4) is 5.75 Å². The Balaban J connectivity index is 2.03. The number of anilines is 1. The van der Waals surface area contributed by atoms with E-state index in [-0.39, 0.29) is 6.54 Å². The van der Waals surface area contributed by atoms with Gasteiger partial charge in [-0.25, -0.2) is 0 Å². The molecule has 2 aromatic rings. The van der Waals surface area contributed by atoms with Gasteiger partial charge in [-0.05, 0) is 31.2 Å². The normalized spacial score (nSPS) is 11.7. The number of hydrogen-bond donors (Lipinski definition) is 1. The van der Waals surface area contributed by atoms with Crippen LogP contribution in [0, 0.1) is 0 Å². The number of carbonyl (C=O) groups is 2. The number of nitrogens with one attached hydrogen (secondary N) is 1. The van der Waals surface area contributed by atoms with Gasteiger partial charge in [0.1, 0.15) is 5.75 Å². The third kappa shape index (κ3) is 6.63. The van der Waals surface area contributed by atoms with Gasteiger partial charge in [-0.3, -0.25) is 9.59 Å². The molecule has 2 amide bonds. The van der Waals surface area contributed by atoms with Crippen LogP contribution in [0.15, 0.2) is 48.5 Å². The van der Waals surface area contributed by atoms with Crippen LogP contribution in [-0.4, -0.2) is 36.4 Å². The maximum Gasteiger partial charge on any atom is 0.419 e. The Morgan fingerprint density at radius 2 is 1.45 bits per heavy atom. The Morgan fingerprint density at radius 3 is 2.03 bits per heavy atom. The van der Waals surface area contributed by atoms with Gasteiger partial charge in [-0.2, -0.15) is 26.3 Å². The Labute approximate surface area is 173 Å². The highest BCUT2D eigenvalue weighted by Gasteiger charge is 2.35. The summed E-state index contributed by atoms with van der Waals surface area (Å²) in [5.74, 6) is -2.26. The number of likely N-dealkylation sites (N-methyl/N-ethyl adjacent to an activating group) is 1. The summed E-state index contributed by atoms with van der Waals surface area (Å²) in [6.07, 6.45) is -9.38. The Kier molecular flexibility index (Phi) is 7.53. The molecule has 0 spiro atoms. The van der Waals surface area contributed by atoms with Gasteiger partial charge in [0, 0.05) is 6.54 Å². The molecule has 0 saturated carbocycles. The van der Waals surface area contributed by atoms with Crippen molar-refractivity contribution in [1.82, 2.24) is 4.90 Å². The van der Waals surface area contributed by atoms with E-state index in [9.17, 15) is 35.9 Å². The van der Waals surface area contributed by atoms with Crippen LogP contribution >= 0.6 is 0 Å². The molecule has 0 aliphatic heterocycles. The van der Waals surface area contributed by atoms with Crippen molar-refractivity contribution in [1.29, 1.82) is 0 Å². The minimum Gasteiger partial charge on any atom is -0.483 e. The first-order valence-corrected chi connectivity index (χ1v) is 8.96. The fourth-order valence-corrected chi connectivity index (χ4v) is 2.64. The summed E-state index contributed by atoms with van der Waals surface area (Å²) in [5.41, 5.74) is -2.59. The molecule has 0 aliphatic carbocycles. The SMILES string of the molecule is CCN(CC(=O)Nc1ccccc1C(F)(F)F)C(=O)COc1ccccc1C(F)(F)F. The van der Waals surface area contributed by atoms with Crippen molar-refractivity contribution >= 4 is 17.5 Å². The van der Waals surface area contributed by atoms with Gasteiger partial charge < -0.3 is 15.0 Å². The van der Waals surface area contributed by atoms with Gasteiger partial charge in [-0.1, -0.05) is 24.3 Å². The van der Waals surface area contributed by atoms with Crippen molar-refractivity contribution in [2.75, 3.05) is 25.0 Å². The number of nitrogens with zero attached hydrogens (tertiary/aromatic N) is 1. The summed E-state index contributed by atoms with van der Waals surface area (Å²) in [6, 6.07) is 8.64. The molecule has 31 heavy (non-hydrogen) atoms. The second-order valence-electron chi connectivity index (χ2n) is 6.28. The zero-order valence-corrected chi connectivity index (χ0v) is 16.2. The largest absolute Gasteiger partial charge is 0.483 e. The Bertz CT molecular complexity index is 928. The number of hydrogen-bond acceptors (Lipinski definition) is 3. The zero-order valence-electron chi connectivity index (χ0n) is 16.2. The van der Waals surface area contributed by atoms with Crippen LogP contribution in [0.2, 0.25) is 0 Å². The molecule has 0 aliphatic rings. The minimum absolute atomic E-state index is 0.0164. The molecule has 0 aromatic heterocycles. The molecule has 0 bridgehead atoms. The summed E-state index contributed by atoms with van der Waals surface area (Å²) in [4.78, 5) is 25.4. The van der Waals surface area contributed by atoms with Crippen LogP contribution in [0.4, 0.5) is 32.0 Å². The summed E-state index contributed by atoms with van der Waals surface area (Å²) < 4.78 is 83.0. The van der Waals surface area contributed by atoms with Crippen molar-refractivity contribution in [2.24, 2.45) is 0 Å². The molecule has 11 heteroatoms. The molecule has 0 unspecified atom stereocenters. The van der Waals surface area contributed by atoms with Crippen LogP contribution in [0.1, 0.15) is 18.1 Å². The van der Waals surface area contributed by atoms with Crippen molar-refractivity contribution < 1.29 is 40.7 Å². The number of alkyl halides is 6. The monoisotopic (exact) mass is 448 g/mol. The smallest absolute Gasteiger partial charge is 0.419 e. The number of benzene rings is 2. The van der Waals surface area contributed by atoms with Crippen LogP contribution in [0.3, 0.4) is 0 Å². The number of ether oxygens (including phenoxy) is 1. The van der Waals surface area contributed by atoms with Crippen molar-refractivity contribution in [3.63, 3.8) is 0 Å². The van der Waals surface area contributed by atoms with E-state index < -0.39 is 59.9 Å². The van der Waals surface area contributed by atoms with E-state index >= 15 is 0 Å². The average Bonchev–Trinajstić information content (AvgIpc) is 2.69. The highest BCUT2D eigenvalue weighted by Crippen LogP contribution is 2.36. The summed E-state index contributed by atoms with van der Waals surface area (Å²) >= 11 is 0. The lowest BCUT2D eigenvalue weighted by Crippen LogP contribution is -2.40. The third-order valence-electron chi connectivity index (χ3n) is 4.12. The van der Waals surface area contributed by atoms with Crippen molar-refractivity contribution in [2.45, 2.75) is 19.3 Å². The first-order chi connectivity index (χ1) is 14.4. The summed E-state index contributed by atoms with van der Waals surface area (Å²) in [7, 11) is 0. The highest BCUT2D eigenvalue weighted by molar-refractivity contribution is 5.95. The van der Waals surface area contributed by atoms with Gasteiger partial charge in [0.2, 0.25) is 5.91 Å². The molecule has 1 N–H and O–H groups in total. The Morgan fingerprint density at radius 1 is 0.903 bits per heavy atom. The van der Waals surface area contributed by atoms with E-state index in [1.807, 2.05) is 0 Å². The molecule has 0 fully saturated rings. The van der Waals surface area contributed by atoms with Gasteiger partial charge >= 0.3 is 12.4 Å². The topological polar surface area (TPSA) is 58.6 Å². The third-order valence-corrected chi connectivity index (χ3v) is 4.12. The molecule has 5 nitrogen and oxygen atoms in total. The maximum absolute atomic E-state index is 13.0.